The van der Waals surface area contributed by atoms with Crippen LogP contribution in [0.2, 0.25) is 0 Å². The second-order valence-electron chi connectivity index (χ2n) is 4.68. The summed E-state index contributed by atoms with van der Waals surface area (Å²) in [5, 5.41) is 7.37. The highest BCUT2D eigenvalue weighted by atomic mass is 79.9. The second kappa shape index (κ2) is 8.97. The van der Waals surface area contributed by atoms with Crippen molar-refractivity contribution in [2.24, 2.45) is 5.73 Å². The van der Waals surface area contributed by atoms with Crippen molar-refractivity contribution in [2.45, 2.75) is 45.4 Å². The fraction of sp³-hybridized carbons (Fsp3) is 0.533. The van der Waals surface area contributed by atoms with Gasteiger partial charge in [0.25, 0.3) is 0 Å². The molecule has 3 nitrogen and oxygen atoms in total. The minimum Gasteiger partial charge on any atom is -0.492 e. The minimum absolute atomic E-state index is 0.0724. The van der Waals surface area contributed by atoms with Crippen molar-refractivity contribution >= 4 is 21.8 Å². The average Bonchev–Trinajstić information content (AvgIpc) is 2.39. The Morgan fingerprint density at radius 3 is 2.53 bits per heavy atom. The van der Waals surface area contributed by atoms with E-state index in [0.717, 1.165) is 23.2 Å². The molecule has 1 rings (SSSR count). The number of amidine groups is 1. The highest BCUT2D eigenvalue weighted by molar-refractivity contribution is 9.10. The monoisotopic (exact) mass is 326 g/mol. The first-order valence-corrected chi connectivity index (χ1v) is 7.71. The van der Waals surface area contributed by atoms with Crippen LogP contribution in [0.15, 0.2) is 22.7 Å². The molecule has 0 unspecified atom stereocenters. The lowest BCUT2D eigenvalue weighted by atomic mass is 10.1. The van der Waals surface area contributed by atoms with Crippen molar-refractivity contribution in [2.75, 3.05) is 6.61 Å². The third-order valence-corrected chi connectivity index (χ3v) is 3.62. The van der Waals surface area contributed by atoms with Crippen LogP contribution in [0.3, 0.4) is 0 Å². The van der Waals surface area contributed by atoms with Gasteiger partial charge < -0.3 is 10.5 Å². The molecule has 0 heterocycles. The Hall–Kier alpha value is -1.03. The molecule has 0 bridgehead atoms. The molecule has 0 spiro atoms. The number of hydrogen-bond donors (Lipinski definition) is 2. The molecule has 19 heavy (non-hydrogen) atoms. The lowest BCUT2D eigenvalue weighted by Gasteiger charge is -2.09. The summed E-state index contributed by atoms with van der Waals surface area (Å²) in [6, 6.07) is 5.49. The predicted molar refractivity (Wildman–Crippen MR) is 84.0 cm³/mol. The van der Waals surface area contributed by atoms with Crippen molar-refractivity contribution < 1.29 is 4.74 Å². The van der Waals surface area contributed by atoms with Crippen LogP contribution in [0, 0.1) is 5.41 Å². The predicted octanol–water partition coefficient (Wildman–Crippen LogP) is 4.47. The Kier molecular flexibility index (Phi) is 7.56. The topological polar surface area (TPSA) is 59.1 Å². The number of nitrogens with one attached hydrogen (secondary N) is 1. The number of ether oxygens (including phenoxy) is 1. The van der Waals surface area contributed by atoms with E-state index in [0.29, 0.717) is 5.56 Å². The normalized spacial score (nSPS) is 10.4. The van der Waals surface area contributed by atoms with Crippen LogP contribution in [0.5, 0.6) is 5.75 Å². The summed E-state index contributed by atoms with van der Waals surface area (Å²) in [4.78, 5) is 0. The van der Waals surface area contributed by atoms with Crippen molar-refractivity contribution in [1.82, 2.24) is 0 Å². The summed E-state index contributed by atoms with van der Waals surface area (Å²) >= 11 is 3.44. The molecule has 1 aromatic carbocycles. The molecule has 0 aliphatic heterocycles. The summed E-state index contributed by atoms with van der Waals surface area (Å²) in [6.07, 6.45) is 7.55. The zero-order valence-corrected chi connectivity index (χ0v) is 13.1. The Balaban J connectivity index is 2.28. The first-order valence-electron chi connectivity index (χ1n) is 6.92. The molecule has 4 heteroatoms. The van der Waals surface area contributed by atoms with Crippen LogP contribution in [-0.2, 0) is 0 Å². The van der Waals surface area contributed by atoms with E-state index < -0.39 is 0 Å². The molecule has 0 atom stereocenters. The Morgan fingerprint density at radius 2 is 1.89 bits per heavy atom. The zero-order chi connectivity index (χ0) is 14.1. The molecule has 0 fully saturated rings. The van der Waals surface area contributed by atoms with Gasteiger partial charge in [-0.05, 0) is 40.5 Å². The lowest BCUT2D eigenvalue weighted by molar-refractivity contribution is 0.302. The highest BCUT2D eigenvalue weighted by Crippen LogP contribution is 2.26. The zero-order valence-electron chi connectivity index (χ0n) is 11.5. The Morgan fingerprint density at radius 1 is 1.21 bits per heavy atom. The van der Waals surface area contributed by atoms with Crippen molar-refractivity contribution in [3.05, 3.63) is 28.2 Å². The van der Waals surface area contributed by atoms with Crippen LogP contribution < -0.4 is 10.5 Å². The van der Waals surface area contributed by atoms with Crippen LogP contribution in [0.4, 0.5) is 0 Å². The minimum atomic E-state index is 0.0724. The Labute approximate surface area is 124 Å². The van der Waals surface area contributed by atoms with Gasteiger partial charge in [-0.25, -0.2) is 0 Å². The molecule has 0 saturated heterocycles. The fourth-order valence-corrected chi connectivity index (χ4v) is 2.34. The summed E-state index contributed by atoms with van der Waals surface area (Å²) in [7, 11) is 0. The van der Waals surface area contributed by atoms with Gasteiger partial charge >= 0.3 is 0 Å². The van der Waals surface area contributed by atoms with Gasteiger partial charge in [-0.1, -0.05) is 39.0 Å². The smallest absolute Gasteiger partial charge is 0.133 e. The number of benzene rings is 1. The van der Waals surface area contributed by atoms with Gasteiger partial charge in [0.15, 0.2) is 0 Å². The van der Waals surface area contributed by atoms with Crippen LogP contribution in [0.1, 0.15) is 51.0 Å². The van der Waals surface area contributed by atoms with E-state index in [4.69, 9.17) is 15.9 Å². The third kappa shape index (κ3) is 6.10. The number of halogens is 1. The molecule has 1 aromatic rings. The van der Waals surface area contributed by atoms with Crippen LogP contribution in [-0.4, -0.2) is 12.4 Å². The van der Waals surface area contributed by atoms with Crippen molar-refractivity contribution in [1.29, 1.82) is 5.41 Å². The van der Waals surface area contributed by atoms with E-state index in [2.05, 4.69) is 22.9 Å². The first kappa shape index (κ1) is 16.0. The van der Waals surface area contributed by atoms with Gasteiger partial charge in [-0.15, -0.1) is 0 Å². The van der Waals surface area contributed by atoms with Gasteiger partial charge in [-0.3, -0.25) is 5.41 Å². The van der Waals surface area contributed by atoms with E-state index in [1.807, 2.05) is 18.2 Å². The summed E-state index contributed by atoms with van der Waals surface area (Å²) < 4.78 is 6.57. The first-order chi connectivity index (χ1) is 9.15. The van der Waals surface area contributed by atoms with E-state index in [9.17, 15) is 0 Å². The maximum atomic E-state index is 7.37. The van der Waals surface area contributed by atoms with E-state index in [1.165, 1.54) is 32.1 Å². The average molecular weight is 327 g/mol. The fourth-order valence-electron chi connectivity index (χ4n) is 1.85. The molecule has 3 N–H and O–H groups in total. The molecule has 0 amide bonds. The quantitative estimate of drug-likeness (QED) is 0.399. The SMILES string of the molecule is CCCCCCCCOc1ccc(C(=N)N)cc1Br. The largest absolute Gasteiger partial charge is 0.492 e. The maximum absolute atomic E-state index is 7.37. The van der Waals surface area contributed by atoms with Gasteiger partial charge in [0.05, 0.1) is 11.1 Å². The number of nitrogens with two attached hydrogens (primary N) is 1. The van der Waals surface area contributed by atoms with E-state index in [1.54, 1.807) is 0 Å². The van der Waals surface area contributed by atoms with Crippen molar-refractivity contribution in [3.8, 4) is 5.75 Å². The second-order valence-corrected chi connectivity index (χ2v) is 5.53. The standard InChI is InChI=1S/C15H23BrN2O/c1-2-3-4-5-6-7-10-19-14-9-8-12(15(17)18)11-13(14)16/h8-9,11H,2-7,10H2,1H3,(H3,17,18). The molecule has 0 aliphatic rings. The molecule has 0 aromatic heterocycles. The highest BCUT2D eigenvalue weighted by Gasteiger charge is 2.04. The Bertz CT molecular complexity index is 407. The number of hydrogen-bond acceptors (Lipinski definition) is 2. The van der Waals surface area contributed by atoms with Crippen LogP contribution >= 0.6 is 15.9 Å². The number of rotatable bonds is 9. The van der Waals surface area contributed by atoms with E-state index >= 15 is 0 Å². The molecule has 0 aliphatic carbocycles. The summed E-state index contributed by atoms with van der Waals surface area (Å²) in [5.74, 6) is 0.890. The number of nitrogen functional groups attached to an aromatic ring is 1. The molecule has 0 saturated carbocycles. The van der Waals surface area contributed by atoms with Gasteiger partial charge in [-0.2, -0.15) is 0 Å². The maximum Gasteiger partial charge on any atom is 0.133 e. The van der Waals surface area contributed by atoms with Gasteiger partial charge in [0, 0.05) is 5.56 Å². The third-order valence-electron chi connectivity index (χ3n) is 3.00. The number of unbranched alkanes of at least 4 members (excludes halogenated alkanes) is 5. The van der Waals surface area contributed by atoms with E-state index in [-0.39, 0.29) is 5.84 Å². The van der Waals surface area contributed by atoms with Gasteiger partial charge in [0.1, 0.15) is 11.6 Å². The van der Waals surface area contributed by atoms with Crippen molar-refractivity contribution in [3.63, 3.8) is 0 Å². The van der Waals surface area contributed by atoms with Gasteiger partial charge in [0.2, 0.25) is 0 Å². The summed E-state index contributed by atoms with van der Waals surface area (Å²) in [5.41, 5.74) is 6.14. The lowest BCUT2D eigenvalue weighted by Crippen LogP contribution is -2.11. The van der Waals surface area contributed by atoms with Crippen LogP contribution in [0.25, 0.3) is 0 Å². The molecule has 106 valence electrons. The molecule has 0 radical (unpaired) electrons. The molecular formula is C15H23BrN2O. The molecular weight excluding hydrogens is 304 g/mol. The summed E-state index contributed by atoms with van der Waals surface area (Å²) in [6.45, 7) is 2.97.